The van der Waals surface area contributed by atoms with Crippen molar-refractivity contribution in [3.05, 3.63) is 29.3 Å². The van der Waals surface area contributed by atoms with Crippen LogP contribution in [0.2, 0.25) is 0 Å². The van der Waals surface area contributed by atoms with Gasteiger partial charge in [-0.25, -0.2) is 8.78 Å². The number of hydrogen-bond acceptors (Lipinski definition) is 3. The van der Waals surface area contributed by atoms with E-state index < -0.39 is 11.6 Å². The van der Waals surface area contributed by atoms with Gasteiger partial charge >= 0.3 is 0 Å². The lowest BCUT2D eigenvalue weighted by molar-refractivity contribution is 0.137. The first-order valence-corrected chi connectivity index (χ1v) is 6.53. The summed E-state index contributed by atoms with van der Waals surface area (Å²) in [6.07, 6.45) is 2.70. The quantitative estimate of drug-likeness (QED) is 0.736. The topological polar surface area (TPSA) is 30.5 Å². The predicted octanol–water partition coefficient (Wildman–Crippen LogP) is 2.28. The summed E-state index contributed by atoms with van der Waals surface area (Å²) < 4.78 is 37.4. The standard InChI is InChI=1S/C14H19F2NO2/c1-18-11-8-13(15)12(14(16)9-11)4-6-19-7-5-17-10-2-3-10/h8-10,17H,2-7H2,1H3. The highest BCUT2D eigenvalue weighted by atomic mass is 19.1. The molecule has 0 bridgehead atoms. The molecule has 0 atom stereocenters. The summed E-state index contributed by atoms with van der Waals surface area (Å²) in [6, 6.07) is 3.03. The fraction of sp³-hybridized carbons (Fsp3) is 0.571. The first-order chi connectivity index (χ1) is 9.20. The van der Waals surface area contributed by atoms with E-state index in [4.69, 9.17) is 9.47 Å². The van der Waals surface area contributed by atoms with Gasteiger partial charge in [-0.2, -0.15) is 0 Å². The molecule has 106 valence electrons. The molecule has 0 spiro atoms. The van der Waals surface area contributed by atoms with E-state index in [-0.39, 0.29) is 17.7 Å². The first-order valence-electron chi connectivity index (χ1n) is 6.53. The minimum absolute atomic E-state index is 0.0518. The minimum Gasteiger partial charge on any atom is -0.497 e. The second-order valence-corrected chi connectivity index (χ2v) is 4.66. The van der Waals surface area contributed by atoms with Crippen molar-refractivity contribution in [2.75, 3.05) is 26.9 Å². The smallest absolute Gasteiger partial charge is 0.133 e. The molecule has 0 radical (unpaired) electrons. The van der Waals surface area contributed by atoms with Crippen molar-refractivity contribution in [2.24, 2.45) is 0 Å². The summed E-state index contributed by atoms with van der Waals surface area (Å²) in [5.41, 5.74) is 0.0518. The average molecular weight is 271 g/mol. The third-order valence-corrected chi connectivity index (χ3v) is 3.10. The van der Waals surface area contributed by atoms with Crippen LogP contribution in [0.3, 0.4) is 0 Å². The van der Waals surface area contributed by atoms with Crippen LogP contribution < -0.4 is 10.1 Å². The molecule has 19 heavy (non-hydrogen) atoms. The number of nitrogens with one attached hydrogen (secondary N) is 1. The van der Waals surface area contributed by atoms with Crippen LogP contribution in [-0.2, 0) is 11.2 Å². The van der Waals surface area contributed by atoms with Crippen LogP contribution in [0.15, 0.2) is 12.1 Å². The summed E-state index contributed by atoms with van der Waals surface area (Å²) in [7, 11) is 1.38. The fourth-order valence-corrected chi connectivity index (χ4v) is 1.84. The third kappa shape index (κ3) is 4.44. The summed E-state index contributed by atoms with van der Waals surface area (Å²) in [4.78, 5) is 0. The van der Waals surface area contributed by atoms with Crippen LogP contribution in [0.4, 0.5) is 8.78 Å². The maximum atomic E-state index is 13.6. The largest absolute Gasteiger partial charge is 0.497 e. The number of ether oxygens (including phenoxy) is 2. The van der Waals surface area contributed by atoms with Crippen LogP contribution in [0.5, 0.6) is 5.75 Å². The van der Waals surface area contributed by atoms with Gasteiger partial charge in [-0.05, 0) is 12.8 Å². The summed E-state index contributed by atoms with van der Waals surface area (Å²) in [6.45, 7) is 1.67. The molecular weight excluding hydrogens is 252 g/mol. The molecule has 0 saturated heterocycles. The summed E-state index contributed by atoms with van der Waals surface area (Å²) in [5.74, 6) is -0.985. The van der Waals surface area contributed by atoms with E-state index in [0.717, 1.165) is 6.54 Å². The lowest BCUT2D eigenvalue weighted by Crippen LogP contribution is -2.22. The number of methoxy groups -OCH3 is 1. The monoisotopic (exact) mass is 271 g/mol. The Hall–Kier alpha value is -1.20. The number of benzene rings is 1. The Bertz CT molecular complexity index is 399. The van der Waals surface area contributed by atoms with Gasteiger partial charge in [0.05, 0.1) is 20.3 Å². The molecule has 5 heteroatoms. The summed E-state index contributed by atoms with van der Waals surface area (Å²) in [5, 5.41) is 3.30. The molecule has 1 N–H and O–H groups in total. The van der Waals surface area contributed by atoms with Crippen LogP contribution in [0.25, 0.3) is 0 Å². The van der Waals surface area contributed by atoms with Crippen molar-refractivity contribution in [3.8, 4) is 5.75 Å². The van der Waals surface area contributed by atoms with Crippen molar-refractivity contribution < 1.29 is 18.3 Å². The lowest BCUT2D eigenvalue weighted by atomic mass is 10.1. The molecule has 1 aromatic rings. The zero-order valence-electron chi connectivity index (χ0n) is 11.0. The van der Waals surface area contributed by atoms with E-state index in [2.05, 4.69) is 5.32 Å². The van der Waals surface area contributed by atoms with Crippen LogP contribution in [0.1, 0.15) is 18.4 Å². The molecule has 1 aliphatic carbocycles. The van der Waals surface area contributed by atoms with E-state index in [0.29, 0.717) is 19.3 Å². The lowest BCUT2D eigenvalue weighted by Gasteiger charge is -2.08. The van der Waals surface area contributed by atoms with Gasteiger partial charge in [-0.15, -0.1) is 0 Å². The Morgan fingerprint density at radius 3 is 2.47 bits per heavy atom. The minimum atomic E-state index is -0.587. The zero-order valence-corrected chi connectivity index (χ0v) is 11.0. The second-order valence-electron chi connectivity index (χ2n) is 4.66. The van der Waals surface area contributed by atoms with Crippen molar-refractivity contribution in [1.29, 1.82) is 0 Å². The Labute approximate surface area is 111 Å². The van der Waals surface area contributed by atoms with Gasteiger partial charge < -0.3 is 14.8 Å². The molecule has 1 fully saturated rings. The molecule has 1 aliphatic rings. The van der Waals surface area contributed by atoms with Crippen LogP contribution in [0, 0.1) is 11.6 Å². The van der Waals surface area contributed by atoms with E-state index in [1.807, 2.05) is 0 Å². The van der Waals surface area contributed by atoms with Crippen molar-refractivity contribution in [3.63, 3.8) is 0 Å². The van der Waals surface area contributed by atoms with Gasteiger partial charge in [0.2, 0.25) is 0 Å². The van der Waals surface area contributed by atoms with Gasteiger partial charge in [-0.1, -0.05) is 0 Å². The average Bonchev–Trinajstić information content (AvgIpc) is 3.19. The van der Waals surface area contributed by atoms with Crippen molar-refractivity contribution in [2.45, 2.75) is 25.3 Å². The Kier molecular flexibility index (Phi) is 5.10. The molecule has 0 aromatic heterocycles. The Morgan fingerprint density at radius 2 is 1.89 bits per heavy atom. The Balaban J connectivity index is 1.72. The normalized spacial score (nSPS) is 14.7. The van der Waals surface area contributed by atoms with Gasteiger partial charge in [0.15, 0.2) is 0 Å². The molecule has 0 unspecified atom stereocenters. The molecule has 3 nitrogen and oxygen atoms in total. The van der Waals surface area contributed by atoms with E-state index >= 15 is 0 Å². The number of hydrogen-bond donors (Lipinski definition) is 1. The highest BCUT2D eigenvalue weighted by molar-refractivity contribution is 5.30. The number of halogens is 2. The molecule has 0 amide bonds. The van der Waals surface area contributed by atoms with Crippen LogP contribution >= 0.6 is 0 Å². The van der Waals surface area contributed by atoms with E-state index in [9.17, 15) is 8.78 Å². The van der Waals surface area contributed by atoms with E-state index in [1.165, 1.54) is 32.1 Å². The molecular formula is C14H19F2NO2. The maximum absolute atomic E-state index is 13.6. The fourth-order valence-electron chi connectivity index (χ4n) is 1.84. The van der Waals surface area contributed by atoms with Gasteiger partial charge in [0.1, 0.15) is 17.4 Å². The molecule has 1 aromatic carbocycles. The van der Waals surface area contributed by atoms with Crippen LogP contribution in [-0.4, -0.2) is 32.9 Å². The number of rotatable bonds is 8. The van der Waals surface area contributed by atoms with Crippen molar-refractivity contribution >= 4 is 0 Å². The SMILES string of the molecule is COc1cc(F)c(CCOCCNC2CC2)c(F)c1. The first kappa shape index (κ1) is 14.2. The molecule has 0 heterocycles. The molecule has 0 aliphatic heterocycles. The molecule has 1 saturated carbocycles. The highest BCUT2D eigenvalue weighted by Crippen LogP contribution is 2.21. The third-order valence-electron chi connectivity index (χ3n) is 3.10. The predicted molar refractivity (Wildman–Crippen MR) is 68.5 cm³/mol. The van der Waals surface area contributed by atoms with Crippen molar-refractivity contribution in [1.82, 2.24) is 5.32 Å². The Morgan fingerprint density at radius 1 is 1.21 bits per heavy atom. The highest BCUT2D eigenvalue weighted by Gasteiger charge is 2.19. The van der Waals surface area contributed by atoms with E-state index in [1.54, 1.807) is 0 Å². The van der Waals surface area contributed by atoms with Gasteiger partial charge in [-0.3, -0.25) is 0 Å². The van der Waals surface area contributed by atoms with Gasteiger partial charge in [0, 0.05) is 36.7 Å². The zero-order chi connectivity index (χ0) is 13.7. The summed E-state index contributed by atoms with van der Waals surface area (Å²) >= 11 is 0. The molecule has 2 rings (SSSR count). The maximum Gasteiger partial charge on any atom is 0.133 e. The second kappa shape index (κ2) is 6.82. The van der Waals surface area contributed by atoms with Gasteiger partial charge in [0.25, 0.3) is 0 Å².